The number of ether oxygens (including phenoxy) is 2. The highest BCUT2D eigenvalue weighted by Gasteiger charge is 2.26. The van der Waals surface area contributed by atoms with E-state index in [0.717, 1.165) is 36.6 Å². The van der Waals surface area contributed by atoms with Crippen LogP contribution in [0.4, 0.5) is 5.69 Å². The van der Waals surface area contributed by atoms with E-state index in [1.54, 1.807) is 6.07 Å². The summed E-state index contributed by atoms with van der Waals surface area (Å²) in [6, 6.07) is 3.95. The summed E-state index contributed by atoms with van der Waals surface area (Å²) < 4.78 is 10.6. The molecule has 108 valence electrons. The van der Waals surface area contributed by atoms with Gasteiger partial charge in [-0.15, -0.1) is 0 Å². The summed E-state index contributed by atoms with van der Waals surface area (Å²) in [6.07, 6.45) is 0. The number of anilines is 1. The van der Waals surface area contributed by atoms with Crippen molar-refractivity contribution in [2.24, 2.45) is 0 Å². The smallest absolute Gasteiger partial charge is 0.340 e. The second-order valence-corrected chi connectivity index (χ2v) is 4.88. The number of carbonyl (C=O) groups is 1. The summed E-state index contributed by atoms with van der Waals surface area (Å²) in [6.45, 7) is 4.04. The van der Waals surface area contributed by atoms with Gasteiger partial charge in [0.25, 0.3) is 0 Å². The Kier molecular flexibility index (Phi) is 3.75. The molecule has 3 rings (SSSR count). The molecule has 0 spiro atoms. The molecule has 0 aromatic heterocycles. The molecule has 1 atom stereocenters. The number of fused-ring (bicyclic) bond motifs is 1. The van der Waals surface area contributed by atoms with Crippen molar-refractivity contribution >= 4 is 11.7 Å². The SMILES string of the molecule is COC(=O)c1ccc(C2CNCCN2)c2c1NCCO2. The fourth-order valence-electron chi connectivity index (χ4n) is 2.69. The number of esters is 1. The van der Waals surface area contributed by atoms with Gasteiger partial charge in [0.15, 0.2) is 0 Å². The summed E-state index contributed by atoms with van der Waals surface area (Å²) in [5.41, 5.74) is 2.34. The highest BCUT2D eigenvalue weighted by molar-refractivity contribution is 5.97. The normalized spacial score (nSPS) is 21.4. The van der Waals surface area contributed by atoms with Crippen molar-refractivity contribution in [3.05, 3.63) is 23.3 Å². The standard InChI is InChI=1S/C14H19N3O3/c1-19-14(18)10-3-2-9(11-8-15-4-5-16-11)13-12(10)17-6-7-20-13/h2-3,11,15-17H,4-8H2,1H3. The Bertz CT molecular complexity index is 513. The predicted molar refractivity (Wildman–Crippen MR) is 75.4 cm³/mol. The van der Waals surface area contributed by atoms with Gasteiger partial charge in [-0.05, 0) is 6.07 Å². The van der Waals surface area contributed by atoms with Crippen molar-refractivity contribution in [1.82, 2.24) is 10.6 Å². The third-order valence-electron chi connectivity index (χ3n) is 3.66. The van der Waals surface area contributed by atoms with E-state index < -0.39 is 0 Å². The van der Waals surface area contributed by atoms with E-state index in [1.807, 2.05) is 6.07 Å². The Morgan fingerprint density at radius 3 is 3.00 bits per heavy atom. The molecule has 1 unspecified atom stereocenters. The van der Waals surface area contributed by atoms with E-state index in [4.69, 9.17) is 9.47 Å². The van der Waals surface area contributed by atoms with Crippen molar-refractivity contribution in [2.75, 3.05) is 45.2 Å². The number of carbonyl (C=O) groups excluding carboxylic acids is 1. The van der Waals surface area contributed by atoms with Gasteiger partial charge >= 0.3 is 5.97 Å². The van der Waals surface area contributed by atoms with Crippen LogP contribution in [0.5, 0.6) is 5.75 Å². The molecule has 0 bridgehead atoms. The molecule has 1 aromatic rings. The van der Waals surface area contributed by atoms with E-state index in [2.05, 4.69) is 16.0 Å². The first-order valence-electron chi connectivity index (χ1n) is 6.87. The number of methoxy groups -OCH3 is 1. The van der Waals surface area contributed by atoms with E-state index >= 15 is 0 Å². The quantitative estimate of drug-likeness (QED) is 0.684. The maximum absolute atomic E-state index is 11.8. The minimum Gasteiger partial charge on any atom is -0.489 e. The van der Waals surface area contributed by atoms with Crippen LogP contribution in [0.15, 0.2) is 12.1 Å². The summed E-state index contributed by atoms with van der Waals surface area (Å²) in [5, 5.41) is 10.1. The zero-order valence-corrected chi connectivity index (χ0v) is 11.5. The Balaban J connectivity index is 2.01. The van der Waals surface area contributed by atoms with Crippen molar-refractivity contribution in [2.45, 2.75) is 6.04 Å². The van der Waals surface area contributed by atoms with Crippen LogP contribution in [0.1, 0.15) is 22.0 Å². The van der Waals surface area contributed by atoms with Gasteiger partial charge in [0, 0.05) is 37.8 Å². The maximum Gasteiger partial charge on any atom is 0.340 e. The number of hydrogen-bond acceptors (Lipinski definition) is 6. The molecule has 2 aliphatic heterocycles. The fraction of sp³-hybridized carbons (Fsp3) is 0.500. The minimum atomic E-state index is -0.347. The van der Waals surface area contributed by atoms with Crippen LogP contribution in [-0.4, -0.2) is 45.9 Å². The summed E-state index contributed by atoms with van der Waals surface area (Å²) in [4.78, 5) is 11.8. The third-order valence-corrected chi connectivity index (χ3v) is 3.66. The molecule has 0 amide bonds. The highest BCUT2D eigenvalue weighted by Crippen LogP contribution is 2.38. The third kappa shape index (κ3) is 2.32. The minimum absolute atomic E-state index is 0.198. The van der Waals surface area contributed by atoms with Crippen LogP contribution >= 0.6 is 0 Å². The molecular formula is C14H19N3O3. The summed E-state index contributed by atoms with van der Waals surface area (Å²) in [7, 11) is 1.39. The summed E-state index contributed by atoms with van der Waals surface area (Å²) >= 11 is 0. The Morgan fingerprint density at radius 1 is 1.35 bits per heavy atom. The summed E-state index contributed by atoms with van der Waals surface area (Å²) in [5.74, 6) is 0.417. The average molecular weight is 277 g/mol. The molecule has 0 saturated carbocycles. The molecule has 6 nitrogen and oxygen atoms in total. The molecule has 2 aliphatic rings. The zero-order valence-electron chi connectivity index (χ0n) is 11.5. The lowest BCUT2D eigenvalue weighted by Crippen LogP contribution is -2.43. The van der Waals surface area contributed by atoms with Crippen molar-refractivity contribution in [3.8, 4) is 5.75 Å². The van der Waals surface area contributed by atoms with Gasteiger partial charge in [-0.1, -0.05) is 6.07 Å². The van der Waals surface area contributed by atoms with Crippen LogP contribution in [0.3, 0.4) is 0 Å². The second-order valence-electron chi connectivity index (χ2n) is 4.88. The molecule has 0 aliphatic carbocycles. The highest BCUT2D eigenvalue weighted by atomic mass is 16.5. The first kappa shape index (κ1) is 13.2. The number of rotatable bonds is 2. The lowest BCUT2D eigenvalue weighted by molar-refractivity contribution is 0.0601. The predicted octanol–water partition coefficient (Wildman–Crippen LogP) is 0.511. The number of nitrogens with one attached hydrogen (secondary N) is 3. The lowest BCUT2D eigenvalue weighted by Gasteiger charge is -2.30. The van der Waals surface area contributed by atoms with E-state index in [1.165, 1.54) is 7.11 Å². The molecular weight excluding hydrogens is 258 g/mol. The van der Waals surface area contributed by atoms with Crippen LogP contribution < -0.4 is 20.7 Å². The van der Waals surface area contributed by atoms with Gasteiger partial charge in [-0.3, -0.25) is 0 Å². The van der Waals surface area contributed by atoms with Crippen LogP contribution in [-0.2, 0) is 4.74 Å². The first-order chi connectivity index (χ1) is 9.81. The largest absolute Gasteiger partial charge is 0.489 e. The molecule has 20 heavy (non-hydrogen) atoms. The van der Waals surface area contributed by atoms with E-state index in [-0.39, 0.29) is 12.0 Å². The van der Waals surface area contributed by atoms with Crippen LogP contribution in [0.2, 0.25) is 0 Å². The van der Waals surface area contributed by atoms with Crippen molar-refractivity contribution < 1.29 is 14.3 Å². The monoisotopic (exact) mass is 277 g/mol. The van der Waals surface area contributed by atoms with Gasteiger partial charge in [0.1, 0.15) is 12.4 Å². The molecule has 3 N–H and O–H groups in total. The molecule has 0 radical (unpaired) electrons. The maximum atomic E-state index is 11.8. The zero-order chi connectivity index (χ0) is 13.9. The van der Waals surface area contributed by atoms with E-state index in [0.29, 0.717) is 18.7 Å². The number of hydrogen-bond donors (Lipinski definition) is 3. The van der Waals surface area contributed by atoms with E-state index in [9.17, 15) is 4.79 Å². The molecule has 1 saturated heterocycles. The molecule has 6 heteroatoms. The van der Waals surface area contributed by atoms with Gasteiger partial charge in [0.05, 0.1) is 18.4 Å². The number of benzene rings is 1. The van der Waals surface area contributed by atoms with Crippen molar-refractivity contribution in [1.29, 1.82) is 0 Å². The van der Waals surface area contributed by atoms with Gasteiger partial charge in [0.2, 0.25) is 0 Å². The van der Waals surface area contributed by atoms with Crippen LogP contribution in [0.25, 0.3) is 0 Å². The molecule has 1 aromatic carbocycles. The van der Waals surface area contributed by atoms with Gasteiger partial charge in [-0.25, -0.2) is 4.79 Å². The lowest BCUT2D eigenvalue weighted by atomic mass is 9.99. The molecule has 1 fully saturated rings. The Morgan fingerprint density at radius 2 is 2.25 bits per heavy atom. The first-order valence-corrected chi connectivity index (χ1v) is 6.87. The van der Waals surface area contributed by atoms with Crippen LogP contribution in [0, 0.1) is 0 Å². The topological polar surface area (TPSA) is 71.6 Å². The van der Waals surface area contributed by atoms with Crippen molar-refractivity contribution in [3.63, 3.8) is 0 Å². The second kappa shape index (κ2) is 5.68. The van der Waals surface area contributed by atoms with Gasteiger partial charge < -0.3 is 25.4 Å². The van der Waals surface area contributed by atoms with Gasteiger partial charge in [-0.2, -0.15) is 0 Å². The number of piperazine rings is 1. The molecule has 2 heterocycles. The fourth-order valence-corrected chi connectivity index (χ4v) is 2.69. The average Bonchev–Trinajstić information content (AvgIpc) is 2.54. The Labute approximate surface area is 117 Å². The Hall–Kier alpha value is -1.79.